The lowest BCUT2D eigenvalue weighted by atomic mass is 10.2. The Balaban J connectivity index is 2.81. The van der Waals surface area contributed by atoms with Gasteiger partial charge in [0.25, 0.3) is 0 Å². The van der Waals surface area contributed by atoms with Crippen molar-refractivity contribution >= 4 is 23.2 Å². The first-order chi connectivity index (χ1) is 5.24. The van der Waals surface area contributed by atoms with Crippen LogP contribution in [0.5, 0.6) is 0 Å². The highest BCUT2D eigenvalue weighted by Gasteiger charge is 2.03. The quantitative estimate of drug-likeness (QED) is 0.652. The van der Waals surface area contributed by atoms with E-state index in [1.54, 1.807) is 19.2 Å². The average Bonchev–Trinajstić information content (AvgIpc) is 2.05. The van der Waals surface area contributed by atoms with Gasteiger partial charge in [-0.15, -0.1) is 0 Å². The monoisotopic (exact) mass is 190 g/mol. The summed E-state index contributed by atoms with van der Waals surface area (Å²) < 4.78 is 4.90. The number of rotatable bonds is 2. The molecule has 0 fully saturated rings. The molecular weight excluding hydrogens is 183 g/mol. The molecule has 1 aromatic carbocycles. The topological polar surface area (TPSA) is 9.23 Å². The normalized spacial score (nSPS) is 13.0. The third-order valence-electron chi connectivity index (χ3n) is 1.34. The fourth-order valence-corrected chi connectivity index (χ4v) is 1.02. The van der Waals surface area contributed by atoms with E-state index in [2.05, 4.69) is 0 Å². The maximum atomic E-state index is 5.78. The molecule has 0 saturated carbocycles. The molecule has 0 aliphatic heterocycles. The molecule has 0 aromatic heterocycles. The predicted molar refractivity (Wildman–Crippen MR) is 47.1 cm³/mol. The average molecular weight is 191 g/mol. The minimum absolute atomic E-state index is 0.382. The van der Waals surface area contributed by atoms with Gasteiger partial charge in [0, 0.05) is 12.1 Å². The second kappa shape index (κ2) is 3.96. The molecule has 0 N–H and O–H groups in total. The molecule has 1 nitrogen and oxygen atoms in total. The van der Waals surface area contributed by atoms with Crippen molar-refractivity contribution < 1.29 is 4.74 Å². The first-order valence-electron chi connectivity index (χ1n) is 3.16. The van der Waals surface area contributed by atoms with Gasteiger partial charge in [-0.1, -0.05) is 35.3 Å². The van der Waals surface area contributed by atoms with Crippen molar-refractivity contribution in [3.63, 3.8) is 0 Å². The van der Waals surface area contributed by atoms with Crippen LogP contribution < -0.4 is 0 Å². The smallest absolute Gasteiger partial charge is 0.156 e. The highest BCUT2D eigenvalue weighted by atomic mass is 35.5. The minimum atomic E-state index is -0.382. The standard InChI is InChI=1S/C8H8Cl2O/c1-11-8(10)6-2-4-7(9)5-3-6/h2-5,8H,1H3. The van der Waals surface area contributed by atoms with Gasteiger partial charge in [0.2, 0.25) is 0 Å². The third kappa shape index (κ3) is 2.37. The molecule has 1 rings (SSSR count). The molecule has 11 heavy (non-hydrogen) atoms. The Kier molecular flexibility index (Phi) is 3.18. The molecule has 0 heterocycles. The van der Waals surface area contributed by atoms with Gasteiger partial charge in [0.1, 0.15) is 0 Å². The molecule has 60 valence electrons. The maximum absolute atomic E-state index is 5.78. The van der Waals surface area contributed by atoms with Crippen LogP contribution in [-0.2, 0) is 4.74 Å². The number of hydrogen-bond acceptors (Lipinski definition) is 1. The van der Waals surface area contributed by atoms with Gasteiger partial charge in [0.15, 0.2) is 5.56 Å². The van der Waals surface area contributed by atoms with Gasteiger partial charge in [-0.2, -0.15) is 0 Å². The molecule has 0 aliphatic rings. The molecule has 3 heteroatoms. The SMILES string of the molecule is COC(Cl)c1ccc(Cl)cc1. The van der Waals surface area contributed by atoms with E-state index in [1.165, 1.54) is 0 Å². The fraction of sp³-hybridized carbons (Fsp3) is 0.250. The van der Waals surface area contributed by atoms with Gasteiger partial charge >= 0.3 is 0 Å². The Hall–Kier alpha value is -0.240. The largest absolute Gasteiger partial charge is 0.361 e. The highest BCUT2D eigenvalue weighted by molar-refractivity contribution is 6.30. The molecule has 0 radical (unpaired) electrons. The van der Waals surface area contributed by atoms with E-state index in [0.717, 1.165) is 5.56 Å². The third-order valence-corrected chi connectivity index (χ3v) is 2.02. The lowest BCUT2D eigenvalue weighted by Crippen LogP contribution is -1.91. The summed E-state index contributed by atoms with van der Waals surface area (Å²) in [5.74, 6) is 0. The second-order valence-electron chi connectivity index (χ2n) is 2.10. The fourth-order valence-electron chi connectivity index (χ4n) is 0.750. The van der Waals surface area contributed by atoms with Crippen LogP contribution in [0.15, 0.2) is 24.3 Å². The summed E-state index contributed by atoms with van der Waals surface area (Å²) in [6.07, 6.45) is 0. The van der Waals surface area contributed by atoms with Crippen LogP contribution in [-0.4, -0.2) is 7.11 Å². The van der Waals surface area contributed by atoms with Crippen molar-refractivity contribution in [2.24, 2.45) is 0 Å². The first kappa shape index (κ1) is 8.85. The van der Waals surface area contributed by atoms with Crippen LogP contribution in [0.2, 0.25) is 5.02 Å². The van der Waals surface area contributed by atoms with E-state index in [9.17, 15) is 0 Å². The molecule has 0 bridgehead atoms. The number of benzene rings is 1. The van der Waals surface area contributed by atoms with Crippen LogP contribution in [0.1, 0.15) is 11.1 Å². The summed E-state index contributed by atoms with van der Waals surface area (Å²) >= 11 is 11.5. The van der Waals surface area contributed by atoms with E-state index in [0.29, 0.717) is 5.02 Å². The molecule has 0 spiro atoms. The zero-order chi connectivity index (χ0) is 8.27. The van der Waals surface area contributed by atoms with E-state index in [4.69, 9.17) is 27.9 Å². The van der Waals surface area contributed by atoms with Gasteiger partial charge in [-0.05, 0) is 17.7 Å². The van der Waals surface area contributed by atoms with E-state index in [1.807, 2.05) is 12.1 Å². The number of halogens is 2. The van der Waals surface area contributed by atoms with Crippen molar-refractivity contribution in [2.45, 2.75) is 5.56 Å². The zero-order valence-electron chi connectivity index (χ0n) is 6.05. The summed E-state index contributed by atoms with van der Waals surface area (Å²) in [5, 5.41) is 0.703. The first-order valence-corrected chi connectivity index (χ1v) is 3.98. The molecule has 1 atom stereocenters. The zero-order valence-corrected chi connectivity index (χ0v) is 7.56. The van der Waals surface area contributed by atoms with Crippen molar-refractivity contribution in [1.82, 2.24) is 0 Å². The minimum Gasteiger partial charge on any atom is -0.361 e. The van der Waals surface area contributed by atoms with Crippen molar-refractivity contribution in [1.29, 1.82) is 0 Å². The molecule has 0 saturated heterocycles. The van der Waals surface area contributed by atoms with Crippen molar-refractivity contribution in [3.8, 4) is 0 Å². The number of ether oxygens (including phenoxy) is 1. The molecule has 1 unspecified atom stereocenters. The Morgan fingerprint density at radius 3 is 2.27 bits per heavy atom. The van der Waals surface area contributed by atoms with Crippen LogP contribution in [0.25, 0.3) is 0 Å². The van der Waals surface area contributed by atoms with Crippen molar-refractivity contribution in [3.05, 3.63) is 34.9 Å². The van der Waals surface area contributed by atoms with Crippen LogP contribution in [0.3, 0.4) is 0 Å². The molecular formula is C8H8Cl2O. The highest BCUT2D eigenvalue weighted by Crippen LogP contribution is 2.21. The number of alkyl halides is 1. The number of hydrogen-bond donors (Lipinski definition) is 0. The second-order valence-corrected chi connectivity index (χ2v) is 2.94. The summed E-state index contributed by atoms with van der Waals surface area (Å²) in [6.45, 7) is 0. The lowest BCUT2D eigenvalue weighted by molar-refractivity contribution is 0.170. The summed E-state index contributed by atoms with van der Waals surface area (Å²) in [6, 6.07) is 7.24. The van der Waals surface area contributed by atoms with E-state index >= 15 is 0 Å². The van der Waals surface area contributed by atoms with Gasteiger partial charge in [-0.3, -0.25) is 0 Å². The van der Waals surface area contributed by atoms with E-state index in [-0.39, 0.29) is 5.56 Å². The van der Waals surface area contributed by atoms with Crippen LogP contribution in [0, 0.1) is 0 Å². The van der Waals surface area contributed by atoms with Gasteiger partial charge in [0.05, 0.1) is 0 Å². The molecule has 0 amide bonds. The Morgan fingerprint density at radius 2 is 1.82 bits per heavy atom. The van der Waals surface area contributed by atoms with Gasteiger partial charge < -0.3 is 4.74 Å². The van der Waals surface area contributed by atoms with Gasteiger partial charge in [-0.25, -0.2) is 0 Å². The Bertz CT molecular complexity index is 220. The van der Waals surface area contributed by atoms with Crippen LogP contribution in [0.4, 0.5) is 0 Å². The number of methoxy groups -OCH3 is 1. The van der Waals surface area contributed by atoms with Crippen LogP contribution >= 0.6 is 23.2 Å². The summed E-state index contributed by atoms with van der Waals surface area (Å²) in [7, 11) is 1.56. The molecule has 1 aromatic rings. The Labute approximate surface area is 75.9 Å². The summed E-state index contributed by atoms with van der Waals surface area (Å²) in [5.41, 5.74) is 0.533. The predicted octanol–water partition coefficient (Wildman–Crippen LogP) is 3.22. The Morgan fingerprint density at radius 1 is 1.27 bits per heavy atom. The summed E-state index contributed by atoms with van der Waals surface area (Å²) in [4.78, 5) is 0. The lowest BCUT2D eigenvalue weighted by Gasteiger charge is -2.06. The van der Waals surface area contributed by atoms with Crippen molar-refractivity contribution in [2.75, 3.05) is 7.11 Å². The van der Waals surface area contributed by atoms with E-state index < -0.39 is 0 Å². The molecule has 0 aliphatic carbocycles. The maximum Gasteiger partial charge on any atom is 0.156 e.